The second-order valence-electron chi connectivity index (χ2n) is 5.16. The van der Waals surface area contributed by atoms with Crippen LogP contribution < -0.4 is 10.6 Å². The Morgan fingerprint density at radius 2 is 1.89 bits per heavy atom. The Morgan fingerprint density at radius 1 is 1.28 bits per heavy atom. The van der Waals surface area contributed by atoms with E-state index in [1.807, 2.05) is 6.07 Å². The molecule has 4 nitrogen and oxygen atoms in total. The Balaban J connectivity index is 2.25. The molecule has 0 atom stereocenters. The van der Waals surface area contributed by atoms with Crippen LogP contribution in [-0.4, -0.2) is 27.8 Å². The van der Waals surface area contributed by atoms with Crippen LogP contribution in [-0.2, 0) is 9.84 Å². The van der Waals surface area contributed by atoms with Gasteiger partial charge in [0, 0.05) is 19.3 Å². The highest BCUT2D eigenvalue weighted by atomic mass is 32.2. The lowest BCUT2D eigenvalue weighted by Gasteiger charge is -2.33. The third kappa shape index (κ3) is 2.77. The topological polar surface area (TPSA) is 63.4 Å². The highest BCUT2D eigenvalue weighted by Gasteiger charge is 2.18. The molecular weight excluding hydrogens is 248 g/mol. The number of piperidine rings is 1. The van der Waals surface area contributed by atoms with Crippen LogP contribution >= 0.6 is 0 Å². The maximum atomic E-state index is 11.4. The van der Waals surface area contributed by atoms with Gasteiger partial charge in [0.15, 0.2) is 9.84 Å². The normalized spacial score (nSPS) is 18.0. The summed E-state index contributed by atoms with van der Waals surface area (Å²) in [4.78, 5) is 2.52. The molecular formula is C13H20N2O2S. The average molecular weight is 268 g/mol. The lowest BCUT2D eigenvalue weighted by molar-refractivity contribution is 0.438. The number of nitrogen functional groups attached to an aromatic ring is 1. The summed E-state index contributed by atoms with van der Waals surface area (Å²) in [6.45, 7) is 4.24. The van der Waals surface area contributed by atoms with Crippen LogP contribution in [0.25, 0.3) is 0 Å². The minimum absolute atomic E-state index is 0.286. The molecule has 2 rings (SSSR count). The molecule has 18 heavy (non-hydrogen) atoms. The van der Waals surface area contributed by atoms with Gasteiger partial charge in [-0.1, -0.05) is 6.92 Å². The number of rotatable bonds is 2. The largest absolute Gasteiger partial charge is 0.397 e. The molecule has 0 aliphatic carbocycles. The van der Waals surface area contributed by atoms with Crippen LogP contribution in [0.1, 0.15) is 19.8 Å². The molecule has 1 aliphatic rings. The fraction of sp³-hybridized carbons (Fsp3) is 0.538. The Kier molecular flexibility index (Phi) is 3.52. The number of benzene rings is 1. The minimum Gasteiger partial charge on any atom is -0.397 e. The van der Waals surface area contributed by atoms with Crippen molar-refractivity contribution >= 4 is 21.2 Å². The standard InChI is InChI=1S/C13H20N2O2S/c1-10-5-7-15(8-6-10)13-4-3-11(9-12(13)14)18(2,16)17/h3-4,9-10H,5-8,14H2,1-2H3. The maximum Gasteiger partial charge on any atom is 0.175 e. The number of anilines is 2. The highest BCUT2D eigenvalue weighted by molar-refractivity contribution is 7.90. The zero-order valence-electron chi connectivity index (χ0n) is 10.9. The zero-order valence-corrected chi connectivity index (χ0v) is 11.7. The summed E-state index contributed by atoms with van der Waals surface area (Å²) >= 11 is 0. The Hall–Kier alpha value is -1.23. The molecule has 1 saturated heterocycles. The van der Waals surface area contributed by atoms with E-state index in [-0.39, 0.29) is 4.90 Å². The molecule has 5 heteroatoms. The molecule has 1 fully saturated rings. The van der Waals surface area contributed by atoms with Crippen LogP contribution in [0.2, 0.25) is 0 Å². The van der Waals surface area contributed by atoms with Crippen LogP contribution in [0.3, 0.4) is 0 Å². The Morgan fingerprint density at radius 3 is 2.39 bits per heavy atom. The third-order valence-electron chi connectivity index (χ3n) is 3.55. The summed E-state index contributed by atoms with van der Waals surface area (Å²) in [6, 6.07) is 5.02. The number of hydrogen-bond acceptors (Lipinski definition) is 4. The van der Waals surface area contributed by atoms with E-state index >= 15 is 0 Å². The molecule has 0 unspecified atom stereocenters. The van der Waals surface area contributed by atoms with Gasteiger partial charge in [0.1, 0.15) is 0 Å². The van der Waals surface area contributed by atoms with Crippen molar-refractivity contribution in [1.82, 2.24) is 0 Å². The molecule has 1 heterocycles. The van der Waals surface area contributed by atoms with Crippen molar-refractivity contribution in [2.75, 3.05) is 30.0 Å². The van der Waals surface area contributed by atoms with E-state index in [1.54, 1.807) is 12.1 Å². The van der Waals surface area contributed by atoms with Crippen LogP contribution in [0.15, 0.2) is 23.1 Å². The fourth-order valence-electron chi connectivity index (χ4n) is 2.30. The summed E-state index contributed by atoms with van der Waals surface area (Å²) in [6.07, 6.45) is 3.52. The van der Waals surface area contributed by atoms with Crippen LogP contribution in [0.4, 0.5) is 11.4 Å². The van der Waals surface area contributed by atoms with Gasteiger partial charge in [-0.15, -0.1) is 0 Å². The summed E-state index contributed by atoms with van der Waals surface area (Å²) in [5.41, 5.74) is 7.48. The van der Waals surface area contributed by atoms with Crippen molar-refractivity contribution in [3.8, 4) is 0 Å². The van der Waals surface area contributed by atoms with Crippen LogP contribution in [0.5, 0.6) is 0 Å². The number of nitrogens with zero attached hydrogens (tertiary/aromatic N) is 1. The minimum atomic E-state index is -3.18. The molecule has 0 bridgehead atoms. The van der Waals surface area contributed by atoms with E-state index in [4.69, 9.17) is 5.73 Å². The molecule has 1 aromatic rings. The van der Waals surface area contributed by atoms with Gasteiger partial charge >= 0.3 is 0 Å². The van der Waals surface area contributed by atoms with Crippen molar-refractivity contribution in [2.45, 2.75) is 24.7 Å². The van der Waals surface area contributed by atoms with Crippen molar-refractivity contribution in [3.63, 3.8) is 0 Å². The zero-order chi connectivity index (χ0) is 13.3. The second kappa shape index (κ2) is 4.80. The van der Waals surface area contributed by atoms with E-state index in [9.17, 15) is 8.42 Å². The van der Waals surface area contributed by atoms with Gasteiger partial charge in [-0.3, -0.25) is 0 Å². The Bertz CT molecular complexity index is 532. The molecule has 0 spiro atoms. The molecule has 1 aliphatic heterocycles. The van der Waals surface area contributed by atoms with E-state index in [0.29, 0.717) is 5.69 Å². The summed E-state index contributed by atoms with van der Waals surface area (Å²) in [5.74, 6) is 0.762. The molecule has 0 radical (unpaired) electrons. The first-order valence-electron chi connectivity index (χ1n) is 6.22. The quantitative estimate of drug-likeness (QED) is 0.832. The molecule has 0 saturated carbocycles. The Labute approximate surface area is 109 Å². The van der Waals surface area contributed by atoms with Gasteiger partial charge in [0.05, 0.1) is 16.3 Å². The monoisotopic (exact) mass is 268 g/mol. The predicted octanol–water partition coefficient (Wildman–Crippen LogP) is 1.91. The maximum absolute atomic E-state index is 11.4. The van der Waals surface area contributed by atoms with Crippen molar-refractivity contribution in [1.29, 1.82) is 0 Å². The van der Waals surface area contributed by atoms with E-state index in [0.717, 1.165) is 37.5 Å². The molecule has 2 N–H and O–H groups in total. The second-order valence-corrected chi connectivity index (χ2v) is 7.18. The van der Waals surface area contributed by atoms with Crippen molar-refractivity contribution in [3.05, 3.63) is 18.2 Å². The average Bonchev–Trinajstić information content (AvgIpc) is 2.29. The first kappa shape index (κ1) is 13.2. The van der Waals surface area contributed by atoms with Gasteiger partial charge < -0.3 is 10.6 Å². The molecule has 100 valence electrons. The smallest absolute Gasteiger partial charge is 0.175 e. The first-order chi connectivity index (χ1) is 8.38. The molecule has 0 amide bonds. The third-order valence-corrected chi connectivity index (χ3v) is 4.66. The molecule has 0 aromatic heterocycles. The van der Waals surface area contributed by atoms with Crippen LogP contribution in [0, 0.1) is 5.92 Å². The SMILES string of the molecule is CC1CCN(c2ccc(S(C)(=O)=O)cc2N)CC1. The van der Waals surface area contributed by atoms with Gasteiger partial charge in [-0.2, -0.15) is 0 Å². The summed E-state index contributed by atoms with van der Waals surface area (Å²) in [5, 5.41) is 0. The van der Waals surface area contributed by atoms with Gasteiger partial charge in [0.25, 0.3) is 0 Å². The summed E-state index contributed by atoms with van der Waals surface area (Å²) in [7, 11) is -3.18. The lowest BCUT2D eigenvalue weighted by Crippen LogP contribution is -2.33. The number of sulfone groups is 1. The number of nitrogens with two attached hydrogens (primary N) is 1. The lowest BCUT2D eigenvalue weighted by atomic mass is 9.98. The summed E-state index contributed by atoms with van der Waals surface area (Å²) < 4.78 is 22.9. The van der Waals surface area contributed by atoms with Gasteiger partial charge in [-0.25, -0.2) is 8.42 Å². The van der Waals surface area contributed by atoms with E-state index in [1.165, 1.54) is 6.26 Å². The van der Waals surface area contributed by atoms with E-state index in [2.05, 4.69) is 11.8 Å². The van der Waals surface area contributed by atoms with Crippen molar-refractivity contribution < 1.29 is 8.42 Å². The number of hydrogen-bond donors (Lipinski definition) is 1. The molecule has 1 aromatic carbocycles. The first-order valence-corrected chi connectivity index (χ1v) is 8.11. The highest BCUT2D eigenvalue weighted by Crippen LogP contribution is 2.29. The fourth-order valence-corrected chi connectivity index (χ4v) is 2.96. The van der Waals surface area contributed by atoms with Gasteiger partial charge in [-0.05, 0) is 37.0 Å². The van der Waals surface area contributed by atoms with Crippen molar-refractivity contribution in [2.24, 2.45) is 5.92 Å². The van der Waals surface area contributed by atoms with Gasteiger partial charge in [0.2, 0.25) is 0 Å². The predicted molar refractivity (Wildman–Crippen MR) is 74.6 cm³/mol. The van der Waals surface area contributed by atoms with E-state index < -0.39 is 9.84 Å².